The van der Waals surface area contributed by atoms with Crippen LogP contribution in [0.4, 0.5) is 26.3 Å². The molecule has 2 N–H and O–H groups in total. The van der Waals surface area contributed by atoms with Crippen LogP contribution in [0.25, 0.3) is 0 Å². The number of carboxylic acid groups (broad SMARTS) is 2. The Labute approximate surface area is 210 Å². The third-order valence-corrected chi connectivity index (χ3v) is 6.02. The van der Waals surface area contributed by atoms with E-state index in [-0.39, 0.29) is 0 Å². The summed E-state index contributed by atoms with van der Waals surface area (Å²) in [6.45, 7) is 6.40. The third kappa shape index (κ3) is 10.7. The number of halogens is 6. The van der Waals surface area contributed by atoms with Gasteiger partial charge in [0.15, 0.2) is 0 Å². The van der Waals surface area contributed by atoms with Gasteiger partial charge >= 0.3 is 24.3 Å². The first-order valence-corrected chi connectivity index (χ1v) is 11.2. The molecule has 15 heteroatoms. The molecule has 1 spiro atoms. The van der Waals surface area contributed by atoms with E-state index in [1.807, 2.05) is 6.07 Å². The van der Waals surface area contributed by atoms with Gasteiger partial charge in [-0.15, -0.1) is 0 Å². The number of likely N-dealkylation sites (tertiary alicyclic amines) is 2. The molecule has 9 nitrogen and oxygen atoms in total. The Kier molecular flexibility index (Phi) is 12.5. The van der Waals surface area contributed by atoms with Crippen LogP contribution in [-0.4, -0.2) is 102 Å². The van der Waals surface area contributed by atoms with E-state index in [0.717, 1.165) is 38.7 Å². The molecule has 0 aliphatic carbocycles. The summed E-state index contributed by atoms with van der Waals surface area (Å²) in [5, 5.41) is 14.2. The molecule has 0 atom stereocenters. The highest BCUT2D eigenvalue weighted by Gasteiger charge is 2.42. The Hall–Kier alpha value is -2.65. The summed E-state index contributed by atoms with van der Waals surface area (Å²) in [6, 6.07) is 4.11. The number of carbonyl (C=O) groups is 2. The van der Waals surface area contributed by atoms with Gasteiger partial charge in [-0.3, -0.25) is 9.80 Å². The molecule has 0 amide bonds. The molecule has 2 aliphatic rings. The lowest BCUT2D eigenvalue weighted by atomic mass is 9.85. The number of nitrogens with zero attached hydrogens (tertiary/aromatic N) is 3. The lowest BCUT2D eigenvalue weighted by Crippen LogP contribution is -2.52. The van der Waals surface area contributed by atoms with Crippen LogP contribution in [-0.2, 0) is 20.9 Å². The molecule has 1 aromatic heterocycles. The summed E-state index contributed by atoms with van der Waals surface area (Å²) < 4.78 is 74.1. The fourth-order valence-electron chi connectivity index (χ4n) is 4.21. The van der Waals surface area contributed by atoms with E-state index < -0.39 is 24.3 Å². The van der Waals surface area contributed by atoms with Crippen LogP contribution in [0, 0.1) is 0 Å². The first-order chi connectivity index (χ1) is 17.2. The maximum absolute atomic E-state index is 10.6. The SMILES string of the molecule is COCCN1CCCC12CCN(Cc1cccnc1OC)CC2.O=C(O)C(F)(F)F.O=C(O)C(F)(F)F. The van der Waals surface area contributed by atoms with Crippen molar-refractivity contribution in [1.29, 1.82) is 0 Å². The van der Waals surface area contributed by atoms with Crippen LogP contribution < -0.4 is 4.74 Å². The van der Waals surface area contributed by atoms with Gasteiger partial charge in [-0.05, 0) is 38.3 Å². The molecular weight excluding hydrogens is 516 g/mol. The smallest absolute Gasteiger partial charge is 0.481 e. The van der Waals surface area contributed by atoms with Gasteiger partial charge in [-0.1, -0.05) is 6.07 Å². The molecule has 2 saturated heterocycles. The molecule has 0 saturated carbocycles. The Morgan fingerprint density at radius 2 is 1.54 bits per heavy atom. The van der Waals surface area contributed by atoms with E-state index in [0.29, 0.717) is 5.54 Å². The normalized spacial score (nSPS) is 17.8. The van der Waals surface area contributed by atoms with E-state index >= 15 is 0 Å². The Morgan fingerprint density at radius 3 is 2.00 bits per heavy atom. The second-order valence-electron chi connectivity index (χ2n) is 8.36. The van der Waals surface area contributed by atoms with E-state index in [2.05, 4.69) is 20.9 Å². The molecule has 3 rings (SSSR count). The minimum absolute atomic E-state index is 0.425. The van der Waals surface area contributed by atoms with Gasteiger partial charge < -0.3 is 19.7 Å². The number of rotatable bonds is 6. The molecular formula is C22H31F6N3O6. The largest absolute Gasteiger partial charge is 0.490 e. The number of carboxylic acids is 2. The maximum Gasteiger partial charge on any atom is 0.490 e. The van der Waals surface area contributed by atoms with Crippen LogP contribution in [0.5, 0.6) is 5.88 Å². The van der Waals surface area contributed by atoms with Crippen molar-refractivity contribution < 1.29 is 55.6 Å². The van der Waals surface area contributed by atoms with Crippen molar-refractivity contribution in [3.8, 4) is 5.88 Å². The summed E-state index contributed by atoms with van der Waals surface area (Å²) in [6.07, 6.45) is -3.17. The fraction of sp³-hybridized carbons (Fsp3) is 0.682. The molecule has 0 aromatic carbocycles. The minimum atomic E-state index is -5.08. The monoisotopic (exact) mass is 547 g/mol. The summed E-state index contributed by atoms with van der Waals surface area (Å²) in [5.74, 6) is -4.75. The molecule has 212 valence electrons. The molecule has 37 heavy (non-hydrogen) atoms. The lowest BCUT2D eigenvalue weighted by molar-refractivity contribution is -0.193. The van der Waals surface area contributed by atoms with Crippen LogP contribution in [0.3, 0.4) is 0 Å². The van der Waals surface area contributed by atoms with E-state index in [1.54, 1.807) is 20.4 Å². The van der Waals surface area contributed by atoms with Crippen LogP contribution in [0.15, 0.2) is 18.3 Å². The maximum atomic E-state index is 10.6. The molecule has 0 bridgehead atoms. The first kappa shape index (κ1) is 32.4. The summed E-state index contributed by atoms with van der Waals surface area (Å²) in [7, 11) is 3.50. The standard InChI is InChI=1S/C18H29N3O2.2C2HF3O2/c1-22-14-13-21-10-4-6-18(21)7-11-20(12-8-18)15-16-5-3-9-19-17(16)23-2;2*3-2(4,5)1(6)7/h3,5,9H,4,6-8,10-15H2,1-2H3;2*(H,6,7). The predicted octanol–water partition coefficient (Wildman–Crippen LogP) is 3.43. The quantitative estimate of drug-likeness (QED) is 0.518. The topological polar surface area (TPSA) is 112 Å². The van der Waals surface area contributed by atoms with Gasteiger partial charge in [0.25, 0.3) is 0 Å². The van der Waals surface area contributed by atoms with Crippen molar-refractivity contribution in [3.63, 3.8) is 0 Å². The molecule has 1 aromatic rings. The van der Waals surface area contributed by atoms with Crippen LogP contribution >= 0.6 is 0 Å². The number of aromatic nitrogens is 1. The van der Waals surface area contributed by atoms with Gasteiger partial charge in [0.1, 0.15) is 0 Å². The third-order valence-electron chi connectivity index (χ3n) is 6.02. The van der Waals surface area contributed by atoms with Crippen molar-refractivity contribution in [2.24, 2.45) is 0 Å². The lowest BCUT2D eigenvalue weighted by Gasteiger charge is -2.45. The number of methoxy groups -OCH3 is 2. The number of piperidine rings is 1. The fourth-order valence-corrected chi connectivity index (χ4v) is 4.21. The highest BCUT2D eigenvalue weighted by atomic mass is 19.4. The number of alkyl halides is 6. The molecule has 0 radical (unpaired) electrons. The van der Waals surface area contributed by atoms with Crippen LogP contribution in [0.1, 0.15) is 31.2 Å². The van der Waals surface area contributed by atoms with Crippen LogP contribution in [0.2, 0.25) is 0 Å². The average Bonchev–Trinajstić information content (AvgIpc) is 3.21. The second-order valence-corrected chi connectivity index (χ2v) is 8.36. The van der Waals surface area contributed by atoms with Gasteiger partial charge in [-0.25, -0.2) is 14.6 Å². The van der Waals surface area contributed by atoms with Crippen molar-refractivity contribution in [2.75, 3.05) is 47.0 Å². The summed E-state index contributed by atoms with van der Waals surface area (Å²) >= 11 is 0. The minimum Gasteiger partial charge on any atom is -0.481 e. The number of hydrogen-bond acceptors (Lipinski definition) is 7. The van der Waals surface area contributed by atoms with Crippen molar-refractivity contribution in [1.82, 2.24) is 14.8 Å². The molecule has 3 heterocycles. The first-order valence-electron chi connectivity index (χ1n) is 11.2. The predicted molar refractivity (Wildman–Crippen MR) is 118 cm³/mol. The van der Waals surface area contributed by atoms with E-state index in [1.165, 1.54) is 37.8 Å². The Balaban J connectivity index is 0.000000404. The number of ether oxygens (including phenoxy) is 2. The Morgan fingerprint density at radius 1 is 1.00 bits per heavy atom. The van der Waals surface area contributed by atoms with Gasteiger partial charge in [0, 0.05) is 50.6 Å². The highest BCUT2D eigenvalue weighted by Crippen LogP contribution is 2.38. The van der Waals surface area contributed by atoms with Gasteiger partial charge in [0.2, 0.25) is 5.88 Å². The zero-order valence-electron chi connectivity index (χ0n) is 20.4. The van der Waals surface area contributed by atoms with Crippen molar-refractivity contribution in [3.05, 3.63) is 23.9 Å². The molecule has 2 fully saturated rings. The number of hydrogen-bond donors (Lipinski definition) is 2. The Bertz CT molecular complexity index is 836. The molecule has 2 aliphatic heterocycles. The average molecular weight is 547 g/mol. The van der Waals surface area contributed by atoms with E-state index in [9.17, 15) is 26.3 Å². The van der Waals surface area contributed by atoms with Crippen molar-refractivity contribution >= 4 is 11.9 Å². The number of pyridine rings is 1. The second kappa shape index (κ2) is 14.3. The summed E-state index contributed by atoms with van der Waals surface area (Å²) in [4.78, 5) is 27.3. The van der Waals surface area contributed by atoms with Gasteiger partial charge in [-0.2, -0.15) is 26.3 Å². The van der Waals surface area contributed by atoms with Crippen molar-refractivity contribution in [2.45, 2.75) is 50.1 Å². The van der Waals surface area contributed by atoms with Gasteiger partial charge in [0.05, 0.1) is 13.7 Å². The summed E-state index contributed by atoms with van der Waals surface area (Å²) in [5.41, 5.74) is 1.61. The van der Waals surface area contributed by atoms with E-state index in [4.69, 9.17) is 29.3 Å². The molecule has 0 unspecified atom stereocenters. The zero-order chi connectivity index (χ0) is 28.3. The zero-order valence-corrected chi connectivity index (χ0v) is 20.4. The number of aliphatic carboxylic acids is 2. The highest BCUT2D eigenvalue weighted by molar-refractivity contribution is 5.73.